The summed E-state index contributed by atoms with van der Waals surface area (Å²) < 4.78 is 1.52. The van der Waals surface area contributed by atoms with Crippen molar-refractivity contribution in [1.82, 2.24) is 24.9 Å². The van der Waals surface area contributed by atoms with E-state index in [4.69, 9.17) is 5.11 Å². The molecule has 0 aromatic carbocycles. The van der Waals surface area contributed by atoms with Crippen molar-refractivity contribution in [3.05, 3.63) is 23.8 Å². The number of carbonyl (C=O) groups excluding carboxylic acids is 1. The number of nitrogens with zero attached hydrogens (tertiary/aromatic N) is 4. The number of hydrogen-bond donors (Lipinski definition) is 2. The van der Waals surface area contributed by atoms with Gasteiger partial charge in [-0.2, -0.15) is 10.1 Å². The minimum atomic E-state index is -0.477. The third-order valence-electron chi connectivity index (χ3n) is 2.98. The lowest BCUT2D eigenvalue weighted by molar-refractivity contribution is 0.0898. The smallest absolute Gasteiger partial charge is 0.255 e. The monoisotopic (exact) mass is 263 g/mol. The number of aliphatic hydroxyl groups excluding tert-OH is 1. The Hall–Kier alpha value is -2.02. The number of amides is 1. The molecule has 0 spiro atoms. The minimum absolute atomic E-state index is 0.0205. The van der Waals surface area contributed by atoms with Gasteiger partial charge in [0.25, 0.3) is 11.7 Å². The van der Waals surface area contributed by atoms with Gasteiger partial charge < -0.3 is 10.4 Å². The summed E-state index contributed by atoms with van der Waals surface area (Å²) in [5.41, 5.74) is 0.652. The van der Waals surface area contributed by atoms with Gasteiger partial charge in [0, 0.05) is 18.3 Å². The van der Waals surface area contributed by atoms with Gasteiger partial charge in [-0.1, -0.05) is 0 Å². The molecule has 2 heterocycles. The van der Waals surface area contributed by atoms with Gasteiger partial charge in [0.2, 0.25) is 0 Å². The van der Waals surface area contributed by atoms with E-state index in [-0.39, 0.29) is 12.5 Å². The van der Waals surface area contributed by atoms with Crippen LogP contribution >= 0.6 is 0 Å². The summed E-state index contributed by atoms with van der Waals surface area (Å²) in [6.07, 6.45) is 3.37. The second-order valence-electron chi connectivity index (χ2n) is 5.04. The van der Waals surface area contributed by atoms with Crippen molar-refractivity contribution in [2.75, 3.05) is 6.61 Å². The van der Waals surface area contributed by atoms with Gasteiger partial charge >= 0.3 is 0 Å². The Bertz CT molecular complexity index is 605. The number of rotatable bonds is 4. The van der Waals surface area contributed by atoms with Crippen LogP contribution in [-0.2, 0) is 0 Å². The highest BCUT2D eigenvalue weighted by atomic mass is 16.3. The first-order valence-electron chi connectivity index (χ1n) is 6.03. The van der Waals surface area contributed by atoms with Crippen LogP contribution in [0.25, 0.3) is 5.78 Å². The summed E-state index contributed by atoms with van der Waals surface area (Å²) in [6, 6.07) is 0. The van der Waals surface area contributed by atoms with E-state index in [2.05, 4.69) is 20.4 Å². The quantitative estimate of drug-likeness (QED) is 0.829. The lowest BCUT2D eigenvalue weighted by atomic mass is 10.0. The molecule has 102 valence electrons. The fourth-order valence-corrected chi connectivity index (χ4v) is 1.83. The van der Waals surface area contributed by atoms with Crippen LogP contribution in [0.5, 0.6) is 0 Å². The second-order valence-corrected chi connectivity index (χ2v) is 5.04. The number of carbonyl (C=O) groups is 1. The molecule has 2 aromatic rings. The third-order valence-corrected chi connectivity index (χ3v) is 2.98. The second kappa shape index (κ2) is 4.93. The summed E-state index contributed by atoms with van der Waals surface area (Å²) in [4.78, 5) is 20.3. The molecule has 2 N–H and O–H groups in total. The molecule has 0 aliphatic carbocycles. The fourth-order valence-electron chi connectivity index (χ4n) is 1.83. The van der Waals surface area contributed by atoms with E-state index in [9.17, 15) is 4.79 Å². The highest BCUT2D eigenvalue weighted by Crippen LogP contribution is 2.12. The zero-order valence-corrected chi connectivity index (χ0v) is 11.2. The minimum Gasteiger partial charge on any atom is -0.396 e. The van der Waals surface area contributed by atoms with Gasteiger partial charge in [-0.05, 0) is 27.2 Å². The van der Waals surface area contributed by atoms with Gasteiger partial charge in [0.05, 0.1) is 11.3 Å². The molecule has 7 nitrogen and oxygen atoms in total. The van der Waals surface area contributed by atoms with E-state index < -0.39 is 5.54 Å². The number of hydrogen-bond acceptors (Lipinski definition) is 5. The third kappa shape index (κ3) is 2.70. The number of fused-ring (bicyclic) bond motifs is 1. The molecule has 0 radical (unpaired) electrons. The molecule has 1 amide bonds. The zero-order chi connectivity index (χ0) is 14.0. The molecule has 0 saturated heterocycles. The average molecular weight is 263 g/mol. The molecule has 0 unspecified atom stereocenters. The van der Waals surface area contributed by atoms with Gasteiger partial charge in [-0.25, -0.2) is 9.50 Å². The topological polar surface area (TPSA) is 92.4 Å². The molecule has 19 heavy (non-hydrogen) atoms. The van der Waals surface area contributed by atoms with Crippen LogP contribution in [0.2, 0.25) is 0 Å². The van der Waals surface area contributed by atoms with Crippen LogP contribution in [0.15, 0.2) is 12.5 Å². The zero-order valence-electron chi connectivity index (χ0n) is 11.2. The summed E-state index contributed by atoms with van der Waals surface area (Å²) >= 11 is 0. The van der Waals surface area contributed by atoms with Crippen molar-refractivity contribution >= 4 is 11.7 Å². The van der Waals surface area contributed by atoms with Gasteiger partial charge in [-0.15, -0.1) is 0 Å². The highest BCUT2D eigenvalue weighted by Gasteiger charge is 2.22. The lowest BCUT2D eigenvalue weighted by Gasteiger charge is -2.25. The summed E-state index contributed by atoms with van der Waals surface area (Å²) in [5, 5.41) is 15.9. The van der Waals surface area contributed by atoms with E-state index in [1.54, 1.807) is 6.92 Å². The van der Waals surface area contributed by atoms with Crippen LogP contribution in [0.3, 0.4) is 0 Å². The molecule has 0 aliphatic heterocycles. The first-order chi connectivity index (χ1) is 8.94. The molecule has 0 saturated carbocycles. The normalized spacial score (nSPS) is 11.8. The van der Waals surface area contributed by atoms with Gasteiger partial charge in [0.15, 0.2) is 0 Å². The number of aryl methyl sites for hydroxylation is 1. The van der Waals surface area contributed by atoms with Crippen molar-refractivity contribution in [3.63, 3.8) is 0 Å². The largest absolute Gasteiger partial charge is 0.396 e. The molecule has 2 rings (SSSR count). The molecule has 2 aromatic heterocycles. The summed E-state index contributed by atoms with van der Waals surface area (Å²) in [7, 11) is 0. The molecule has 7 heteroatoms. The Morgan fingerprint density at radius 3 is 2.89 bits per heavy atom. The van der Waals surface area contributed by atoms with Crippen molar-refractivity contribution in [2.24, 2.45) is 0 Å². The number of aromatic nitrogens is 4. The van der Waals surface area contributed by atoms with Crippen LogP contribution in [0.4, 0.5) is 0 Å². The van der Waals surface area contributed by atoms with Crippen molar-refractivity contribution in [2.45, 2.75) is 32.7 Å². The Morgan fingerprint density at radius 1 is 1.47 bits per heavy atom. The van der Waals surface area contributed by atoms with Crippen molar-refractivity contribution in [1.29, 1.82) is 0 Å². The van der Waals surface area contributed by atoms with E-state index in [0.717, 1.165) is 0 Å². The maximum Gasteiger partial charge on any atom is 0.255 e. The van der Waals surface area contributed by atoms with Gasteiger partial charge in [0.1, 0.15) is 6.33 Å². The van der Waals surface area contributed by atoms with E-state index in [1.165, 1.54) is 17.0 Å². The molecule has 0 fully saturated rings. The van der Waals surface area contributed by atoms with Crippen LogP contribution in [-0.4, -0.2) is 42.7 Å². The van der Waals surface area contributed by atoms with Crippen LogP contribution in [0, 0.1) is 6.92 Å². The highest BCUT2D eigenvalue weighted by molar-refractivity contribution is 5.95. The summed E-state index contributed by atoms with van der Waals surface area (Å²) in [6.45, 7) is 5.53. The molecule has 0 bridgehead atoms. The molecular weight excluding hydrogens is 246 g/mol. The first kappa shape index (κ1) is 13.4. The molecule has 0 atom stereocenters. The molecular formula is C12H17N5O2. The van der Waals surface area contributed by atoms with Crippen LogP contribution < -0.4 is 5.32 Å². The van der Waals surface area contributed by atoms with E-state index in [1.807, 2.05) is 13.8 Å². The number of aliphatic hydroxyl groups is 1. The first-order valence-corrected chi connectivity index (χ1v) is 6.03. The predicted molar refractivity (Wildman–Crippen MR) is 68.8 cm³/mol. The van der Waals surface area contributed by atoms with Crippen molar-refractivity contribution < 1.29 is 9.90 Å². The fraction of sp³-hybridized carbons (Fsp3) is 0.500. The number of nitrogens with one attached hydrogen (secondary N) is 1. The van der Waals surface area contributed by atoms with Crippen molar-refractivity contribution in [3.8, 4) is 0 Å². The summed E-state index contributed by atoms with van der Waals surface area (Å²) in [5.74, 6) is 0.226. The lowest BCUT2D eigenvalue weighted by Crippen LogP contribution is -2.44. The van der Waals surface area contributed by atoms with E-state index in [0.29, 0.717) is 23.5 Å². The average Bonchev–Trinajstić information content (AvgIpc) is 2.77. The predicted octanol–water partition coefficient (Wildman–Crippen LogP) is 0.324. The van der Waals surface area contributed by atoms with Gasteiger partial charge in [-0.3, -0.25) is 4.79 Å². The molecule has 0 aliphatic rings. The SMILES string of the molecule is Cc1c(C(=O)NC(C)(C)CCO)cnc2ncnn12. The maximum absolute atomic E-state index is 12.2. The Balaban J connectivity index is 2.29. The maximum atomic E-state index is 12.2. The van der Waals surface area contributed by atoms with E-state index >= 15 is 0 Å². The van der Waals surface area contributed by atoms with Crippen LogP contribution in [0.1, 0.15) is 36.3 Å². The Labute approximate surface area is 110 Å². The standard InChI is InChI=1S/C12H17N5O2/c1-8-9(6-13-11-14-7-15-17(8)11)10(19)16-12(2,3)4-5-18/h6-7,18H,4-5H2,1-3H3,(H,16,19). The Kier molecular flexibility index (Phi) is 3.48. The Morgan fingerprint density at radius 2 is 2.21 bits per heavy atom.